The fourth-order valence-corrected chi connectivity index (χ4v) is 4.16. The summed E-state index contributed by atoms with van der Waals surface area (Å²) in [5.41, 5.74) is 1.63. The second-order valence-corrected chi connectivity index (χ2v) is 8.68. The van der Waals surface area contributed by atoms with Crippen LogP contribution in [0.15, 0.2) is 30.0 Å². The van der Waals surface area contributed by atoms with Crippen LogP contribution < -0.4 is 0 Å². The molecule has 0 amide bonds. The number of hydrogen-bond acceptors (Lipinski definition) is 13. The molecule has 2 aliphatic heterocycles. The van der Waals surface area contributed by atoms with Crippen molar-refractivity contribution >= 4 is 0 Å². The molecule has 10 atom stereocenters. The van der Waals surface area contributed by atoms with Crippen LogP contribution in [0.2, 0.25) is 0 Å². The summed E-state index contributed by atoms with van der Waals surface area (Å²) in [7, 11) is 0. The van der Waals surface area contributed by atoms with Gasteiger partial charge in [-0.2, -0.15) is 0 Å². The first-order chi connectivity index (χ1) is 16.8. The number of aliphatic hydroxyl groups excluding tert-OH is 7. The van der Waals surface area contributed by atoms with Gasteiger partial charge in [0.25, 0.3) is 0 Å². The summed E-state index contributed by atoms with van der Waals surface area (Å²) in [5.74, 6) is 0. The number of hydrogen-bond donors (Lipinski definition) is 7. The maximum Gasteiger partial charge on any atom is 0.187 e. The van der Waals surface area contributed by atoms with Crippen molar-refractivity contribution in [3.8, 4) is 0 Å². The Morgan fingerprint density at radius 2 is 1.63 bits per heavy atom. The molecule has 0 aromatic carbocycles. The van der Waals surface area contributed by atoms with Crippen LogP contribution in [0.5, 0.6) is 0 Å². The van der Waals surface area contributed by atoms with Gasteiger partial charge in [-0.3, -0.25) is 0 Å². The number of aromatic nitrogens is 3. The Morgan fingerprint density at radius 1 is 0.914 bits per heavy atom. The van der Waals surface area contributed by atoms with Crippen LogP contribution in [0, 0.1) is 0 Å². The Morgan fingerprint density at radius 3 is 2.31 bits per heavy atom. The van der Waals surface area contributed by atoms with Crippen molar-refractivity contribution in [2.45, 2.75) is 81.0 Å². The Kier molecular flexibility index (Phi) is 8.62. The van der Waals surface area contributed by atoms with E-state index >= 15 is 0 Å². The minimum atomic E-state index is -1.73. The van der Waals surface area contributed by atoms with Crippen molar-refractivity contribution < 1.29 is 54.7 Å². The Bertz CT molecular complexity index is 892. The largest absolute Gasteiger partial charge is 0.394 e. The molecular weight excluding hydrogens is 470 g/mol. The topological polar surface area (TPSA) is 209 Å². The van der Waals surface area contributed by atoms with Crippen molar-refractivity contribution in [2.75, 3.05) is 13.2 Å². The number of ether oxygens (including phenoxy) is 4. The van der Waals surface area contributed by atoms with Gasteiger partial charge in [0.15, 0.2) is 12.6 Å². The number of nitrogens with zero attached hydrogens (tertiary/aromatic N) is 3. The molecule has 1 aromatic heterocycles. The summed E-state index contributed by atoms with van der Waals surface area (Å²) >= 11 is 0. The average molecular weight is 501 g/mol. The van der Waals surface area contributed by atoms with Crippen LogP contribution in [-0.4, -0.2) is 125 Å². The molecule has 14 heteroatoms. The minimum absolute atomic E-state index is 0.0951. The van der Waals surface area contributed by atoms with Crippen molar-refractivity contribution in [1.82, 2.24) is 15.0 Å². The van der Waals surface area contributed by atoms with Gasteiger partial charge >= 0.3 is 0 Å². The molecule has 1 aromatic rings. The van der Waals surface area contributed by atoms with Gasteiger partial charge < -0.3 is 54.7 Å². The first-order valence-corrected chi connectivity index (χ1v) is 11.3. The van der Waals surface area contributed by atoms with Gasteiger partial charge in [-0.1, -0.05) is 23.4 Å². The zero-order valence-electron chi connectivity index (χ0n) is 18.7. The number of rotatable bonds is 9. The normalized spacial score (nSPS) is 39.7. The lowest BCUT2D eigenvalue weighted by Crippen LogP contribution is -2.64. The predicted octanol–water partition coefficient (Wildman–Crippen LogP) is -3.69. The standard InChI is InChI=1S/C21H31N3O11/c25-7-12-14(27)15(28)17(30)21(33-12)35-19-13(8-26)34-20(18(31)16(19)29)32-9-11-6-24(23-22-11)5-10-3-1-2-4-10/h1-3,6,12-21,25-31H,4-5,7-9H2/t12-,13-,14+,15+,16-,17-,18-,19-,20-,21+/m0/s1. The van der Waals surface area contributed by atoms with E-state index in [4.69, 9.17) is 18.9 Å². The van der Waals surface area contributed by atoms with Gasteiger partial charge in [0.1, 0.15) is 54.5 Å². The van der Waals surface area contributed by atoms with E-state index in [-0.39, 0.29) is 6.61 Å². The van der Waals surface area contributed by atoms with E-state index in [2.05, 4.69) is 10.3 Å². The van der Waals surface area contributed by atoms with Crippen molar-refractivity contribution in [2.24, 2.45) is 0 Å². The van der Waals surface area contributed by atoms with E-state index in [0.29, 0.717) is 12.2 Å². The van der Waals surface area contributed by atoms with Gasteiger partial charge in [0.2, 0.25) is 0 Å². The fraction of sp³-hybridized carbons (Fsp3) is 0.714. The first-order valence-electron chi connectivity index (χ1n) is 11.3. The molecule has 196 valence electrons. The smallest absolute Gasteiger partial charge is 0.187 e. The van der Waals surface area contributed by atoms with Gasteiger partial charge in [-0.05, 0) is 12.0 Å². The molecule has 2 fully saturated rings. The first kappa shape index (κ1) is 26.2. The summed E-state index contributed by atoms with van der Waals surface area (Å²) in [4.78, 5) is 0. The Hall–Kier alpha value is -1.82. The van der Waals surface area contributed by atoms with Gasteiger partial charge in [-0.15, -0.1) is 5.10 Å². The zero-order valence-corrected chi connectivity index (χ0v) is 18.7. The molecule has 0 unspecified atom stereocenters. The SMILES string of the molecule is OC[C@@H]1O[C@H](O[C@@H]2[C@@H](O)[C@H](O)[C@@H](OCc3cn(CC4=CC=CC4)nn3)O[C@H]2CO)[C@@H](O)[C@H](O)[C@@H]1O. The van der Waals surface area contributed by atoms with Crippen LogP contribution in [-0.2, 0) is 32.1 Å². The van der Waals surface area contributed by atoms with Crippen LogP contribution in [0.3, 0.4) is 0 Å². The summed E-state index contributed by atoms with van der Waals surface area (Å²) < 4.78 is 23.6. The fourth-order valence-electron chi connectivity index (χ4n) is 4.16. The van der Waals surface area contributed by atoms with Crippen molar-refractivity contribution in [1.29, 1.82) is 0 Å². The lowest BCUT2D eigenvalue weighted by molar-refractivity contribution is -0.360. The maximum atomic E-state index is 10.6. The van der Waals surface area contributed by atoms with E-state index in [0.717, 1.165) is 6.42 Å². The maximum absolute atomic E-state index is 10.6. The molecule has 7 N–H and O–H groups in total. The monoisotopic (exact) mass is 501 g/mol. The molecule has 0 bridgehead atoms. The van der Waals surface area contributed by atoms with Crippen molar-refractivity contribution in [3.63, 3.8) is 0 Å². The molecule has 1 aliphatic carbocycles. The second-order valence-electron chi connectivity index (χ2n) is 8.68. The van der Waals surface area contributed by atoms with E-state index < -0.39 is 74.6 Å². The molecular formula is C21H31N3O11. The lowest BCUT2D eigenvalue weighted by atomic mass is 9.97. The van der Waals surface area contributed by atoms with E-state index in [1.165, 1.54) is 5.57 Å². The molecule has 3 aliphatic rings. The summed E-state index contributed by atoms with van der Waals surface area (Å²) in [5, 5.41) is 78.3. The van der Waals surface area contributed by atoms with Crippen LogP contribution >= 0.6 is 0 Å². The van der Waals surface area contributed by atoms with Gasteiger partial charge in [0, 0.05) is 0 Å². The third kappa shape index (κ3) is 5.79. The molecule has 0 spiro atoms. The van der Waals surface area contributed by atoms with Crippen LogP contribution in [0.1, 0.15) is 12.1 Å². The average Bonchev–Trinajstić information content (AvgIpc) is 3.54. The summed E-state index contributed by atoms with van der Waals surface area (Å²) in [6, 6.07) is 0. The summed E-state index contributed by atoms with van der Waals surface area (Å²) in [6.45, 7) is -0.840. The van der Waals surface area contributed by atoms with Gasteiger partial charge in [0.05, 0.1) is 32.6 Å². The van der Waals surface area contributed by atoms with Crippen LogP contribution in [0.25, 0.3) is 0 Å². The highest BCUT2D eigenvalue weighted by molar-refractivity contribution is 5.22. The van der Waals surface area contributed by atoms with Crippen LogP contribution in [0.4, 0.5) is 0 Å². The molecule has 2 saturated heterocycles. The molecule has 0 saturated carbocycles. The Labute approximate surface area is 200 Å². The number of aliphatic hydroxyl groups is 7. The molecule has 0 radical (unpaired) electrons. The minimum Gasteiger partial charge on any atom is -0.394 e. The molecule has 4 rings (SSSR count). The Balaban J connectivity index is 1.35. The molecule has 14 nitrogen and oxygen atoms in total. The highest BCUT2D eigenvalue weighted by atomic mass is 16.7. The van der Waals surface area contributed by atoms with Gasteiger partial charge in [-0.25, -0.2) is 4.68 Å². The third-order valence-corrected chi connectivity index (χ3v) is 6.16. The van der Waals surface area contributed by atoms with E-state index in [9.17, 15) is 35.7 Å². The van der Waals surface area contributed by atoms with Crippen molar-refractivity contribution in [3.05, 3.63) is 35.7 Å². The lowest BCUT2D eigenvalue weighted by Gasteiger charge is -2.45. The molecule has 3 heterocycles. The van der Waals surface area contributed by atoms with E-state index in [1.54, 1.807) is 10.9 Å². The number of allylic oxidation sites excluding steroid dienone is 4. The zero-order chi connectivity index (χ0) is 25.1. The third-order valence-electron chi connectivity index (χ3n) is 6.16. The predicted molar refractivity (Wildman–Crippen MR) is 113 cm³/mol. The summed E-state index contributed by atoms with van der Waals surface area (Å²) in [6.07, 6.45) is -6.51. The quantitative estimate of drug-likeness (QED) is 0.174. The van der Waals surface area contributed by atoms with E-state index in [1.807, 2.05) is 18.2 Å². The second kappa shape index (κ2) is 11.5. The highest BCUT2D eigenvalue weighted by Gasteiger charge is 2.50. The highest BCUT2D eigenvalue weighted by Crippen LogP contribution is 2.29. The molecule has 35 heavy (non-hydrogen) atoms.